The second-order valence-corrected chi connectivity index (χ2v) is 9.96. The Hall–Kier alpha value is -0.590. The van der Waals surface area contributed by atoms with E-state index in [0.29, 0.717) is 17.9 Å². The van der Waals surface area contributed by atoms with Crippen LogP contribution in [0.15, 0.2) is 0 Å². The lowest BCUT2D eigenvalue weighted by Crippen LogP contribution is -2.57. The van der Waals surface area contributed by atoms with E-state index in [0.717, 1.165) is 37.0 Å². The first-order chi connectivity index (χ1) is 11.9. The second-order valence-electron chi connectivity index (χ2n) is 9.96. The van der Waals surface area contributed by atoms with Crippen molar-refractivity contribution in [3.05, 3.63) is 0 Å². The number of nitriles is 1. The molecule has 0 aliphatic heterocycles. The van der Waals surface area contributed by atoms with Crippen LogP contribution < -0.4 is 0 Å². The summed E-state index contributed by atoms with van der Waals surface area (Å²) in [6, 6.07) is 2.64. The molecule has 3 nitrogen and oxygen atoms in total. The van der Waals surface area contributed by atoms with Crippen molar-refractivity contribution in [2.75, 3.05) is 6.61 Å². The Bertz CT molecular complexity index is 557. The van der Waals surface area contributed by atoms with E-state index in [-0.39, 0.29) is 23.5 Å². The van der Waals surface area contributed by atoms with E-state index < -0.39 is 0 Å². The number of hydrogen-bond acceptors (Lipinski definition) is 3. The summed E-state index contributed by atoms with van der Waals surface area (Å²) in [6.45, 7) is 7.65. The van der Waals surface area contributed by atoms with Crippen molar-refractivity contribution in [1.29, 1.82) is 5.26 Å². The number of ether oxygens (including phenoxy) is 1. The van der Waals surface area contributed by atoms with Gasteiger partial charge >= 0.3 is 0 Å². The minimum absolute atomic E-state index is 0.0220. The minimum atomic E-state index is -0.280. The predicted molar refractivity (Wildman–Crippen MR) is 97.6 cm³/mol. The van der Waals surface area contributed by atoms with E-state index >= 15 is 0 Å². The number of fused-ring (bicyclic) bond motifs is 5. The maximum Gasteiger partial charge on any atom is 0.0839 e. The fourth-order valence-electron chi connectivity index (χ4n) is 7.85. The third kappa shape index (κ3) is 2.51. The van der Waals surface area contributed by atoms with Crippen molar-refractivity contribution < 1.29 is 9.84 Å². The Morgan fingerprint density at radius 1 is 1.08 bits per heavy atom. The van der Waals surface area contributed by atoms with Gasteiger partial charge in [-0.15, -0.1) is 0 Å². The van der Waals surface area contributed by atoms with Crippen LogP contribution in [0.3, 0.4) is 0 Å². The number of aliphatic hydroxyl groups excluding tert-OH is 1. The van der Waals surface area contributed by atoms with Crippen LogP contribution in [0.2, 0.25) is 0 Å². The molecule has 1 unspecified atom stereocenters. The molecule has 9 atom stereocenters. The highest BCUT2D eigenvalue weighted by Gasteiger charge is 2.61. The molecule has 140 valence electrons. The van der Waals surface area contributed by atoms with Crippen molar-refractivity contribution >= 4 is 0 Å². The summed E-state index contributed by atoms with van der Waals surface area (Å²) in [5.41, 5.74) is 0.570. The number of hydrogen-bond donors (Lipinski definition) is 1. The molecule has 25 heavy (non-hydrogen) atoms. The van der Waals surface area contributed by atoms with Crippen LogP contribution >= 0.6 is 0 Å². The first-order valence-electron chi connectivity index (χ1n) is 10.6. The van der Waals surface area contributed by atoms with E-state index in [1.54, 1.807) is 0 Å². The zero-order valence-electron chi connectivity index (χ0n) is 16.2. The molecule has 4 rings (SSSR count). The molecule has 0 spiro atoms. The van der Waals surface area contributed by atoms with Gasteiger partial charge in [0.2, 0.25) is 0 Å². The molecule has 0 aromatic heterocycles. The van der Waals surface area contributed by atoms with E-state index in [2.05, 4.69) is 19.9 Å². The lowest BCUT2D eigenvalue weighted by atomic mass is 9.44. The molecule has 0 saturated heterocycles. The molecule has 0 radical (unpaired) electrons. The highest BCUT2D eigenvalue weighted by atomic mass is 16.5. The van der Waals surface area contributed by atoms with Gasteiger partial charge in [-0.1, -0.05) is 13.8 Å². The van der Waals surface area contributed by atoms with Gasteiger partial charge in [0.05, 0.1) is 24.2 Å². The van der Waals surface area contributed by atoms with Crippen LogP contribution in [-0.4, -0.2) is 23.9 Å². The maximum atomic E-state index is 10.5. The highest BCUT2D eigenvalue weighted by Crippen LogP contribution is 2.67. The molecule has 4 aliphatic rings. The van der Waals surface area contributed by atoms with Crippen LogP contribution in [0, 0.1) is 51.8 Å². The number of rotatable bonds is 2. The minimum Gasteiger partial charge on any atom is -0.390 e. The lowest BCUT2D eigenvalue weighted by molar-refractivity contribution is -0.169. The summed E-state index contributed by atoms with van der Waals surface area (Å²) in [5.74, 6) is 3.21. The molecular weight excluding hydrogens is 310 g/mol. The fraction of sp³-hybridized carbons (Fsp3) is 0.955. The van der Waals surface area contributed by atoms with Crippen LogP contribution in [0.5, 0.6) is 0 Å². The average Bonchev–Trinajstić information content (AvgIpc) is 2.93. The SMILES string of the molecule is CCO[C@H]1C[C@@]2(C)C(CC[C@H]3[C@@H]4CC[C@@H](C#N)[C@@]4(C)CC[C@@H]32)C[C@@H]1O. The molecule has 1 N–H and O–H groups in total. The maximum absolute atomic E-state index is 10.5. The first kappa shape index (κ1) is 17.8. The molecule has 0 aromatic carbocycles. The van der Waals surface area contributed by atoms with Gasteiger partial charge < -0.3 is 9.84 Å². The standard InChI is InChI=1S/C22H35NO2/c1-4-25-20-12-22(3)14(11-19(20)24)5-7-16-17-8-6-15(13-23)21(17,2)10-9-18(16)22/h14-20,24H,4-12H2,1-3H3/t14?,15-,16-,17-,18-,19-,20-,21+,22-/m0/s1. The summed E-state index contributed by atoms with van der Waals surface area (Å²) >= 11 is 0. The molecule has 0 aromatic rings. The number of aliphatic hydroxyl groups is 1. The second kappa shape index (κ2) is 6.24. The van der Waals surface area contributed by atoms with Gasteiger partial charge in [0.25, 0.3) is 0 Å². The molecule has 4 fully saturated rings. The van der Waals surface area contributed by atoms with Crippen molar-refractivity contribution in [3.8, 4) is 6.07 Å². The third-order valence-corrected chi connectivity index (χ3v) is 9.20. The lowest BCUT2D eigenvalue weighted by Gasteiger charge is -2.61. The fourth-order valence-corrected chi connectivity index (χ4v) is 7.85. The highest BCUT2D eigenvalue weighted by molar-refractivity contribution is 5.13. The third-order valence-electron chi connectivity index (χ3n) is 9.20. The smallest absolute Gasteiger partial charge is 0.0839 e. The van der Waals surface area contributed by atoms with E-state index in [9.17, 15) is 10.4 Å². The zero-order valence-corrected chi connectivity index (χ0v) is 16.2. The average molecular weight is 346 g/mol. The van der Waals surface area contributed by atoms with E-state index in [1.165, 1.54) is 32.1 Å². The van der Waals surface area contributed by atoms with Crippen molar-refractivity contribution in [3.63, 3.8) is 0 Å². The molecule has 4 aliphatic carbocycles. The summed E-state index contributed by atoms with van der Waals surface area (Å²) in [6.07, 6.45) is 9.14. The van der Waals surface area contributed by atoms with Crippen LogP contribution in [-0.2, 0) is 4.74 Å². The van der Waals surface area contributed by atoms with Crippen molar-refractivity contribution in [2.24, 2.45) is 40.4 Å². The van der Waals surface area contributed by atoms with Gasteiger partial charge in [-0.25, -0.2) is 0 Å². The Morgan fingerprint density at radius 2 is 1.84 bits per heavy atom. The van der Waals surface area contributed by atoms with Gasteiger partial charge in [-0.3, -0.25) is 0 Å². The zero-order chi connectivity index (χ0) is 17.8. The largest absolute Gasteiger partial charge is 0.390 e. The Kier molecular flexibility index (Phi) is 4.44. The molecule has 0 bridgehead atoms. The monoisotopic (exact) mass is 345 g/mol. The van der Waals surface area contributed by atoms with Gasteiger partial charge in [-0.2, -0.15) is 5.26 Å². The Morgan fingerprint density at radius 3 is 2.56 bits per heavy atom. The van der Waals surface area contributed by atoms with Crippen molar-refractivity contribution in [2.45, 2.75) is 84.3 Å². The summed E-state index contributed by atoms with van der Waals surface area (Å²) in [5, 5.41) is 20.2. The molecule has 4 saturated carbocycles. The van der Waals surface area contributed by atoms with E-state index in [4.69, 9.17) is 4.74 Å². The van der Waals surface area contributed by atoms with Crippen LogP contribution in [0.1, 0.15) is 72.1 Å². The summed E-state index contributed by atoms with van der Waals surface area (Å²) in [7, 11) is 0. The van der Waals surface area contributed by atoms with Crippen molar-refractivity contribution in [1.82, 2.24) is 0 Å². The summed E-state index contributed by atoms with van der Waals surface area (Å²) < 4.78 is 5.94. The van der Waals surface area contributed by atoms with Gasteiger partial charge in [0.15, 0.2) is 0 Å². The van der Waals surface area contributed by atoms with Gasteiger partial charge in [-0.05, 0) is 92.8 Å². The van der Waals surface area contributed by atoms with Crippen LogP contribution in [0.4, 0.5) is 0 Å². The van der Waals surface area contributed by atoms with Gasteiger partial charge in [0.1, 0.15) is 0 Å². The predicted octanol–water partition coefficient (Wildman–Crippen LogP) is 4.54. The van der Waals surface area contributed by atoms with Crippen LogP contribution in [0.25, 0.3) is 0 Å². The first-order valence-corrected chi connectivity index (χ1v) is 10.6. The number of nitrogens with zero attached hydrogens (tertiary/aromatic N) is 1. The molecule has 3 heteroatoms. The Labute approximate surface area is 153 Å². The molecular formula is C22H35NO2. The van der Waals surface area contributed by atoms with Gasteiger partial charge in [0, 0.05) is 6.61 Å². The Balaban J connectivity index is 1.60. The van der Waals surface area contributed by atoms with E-state index in [1.807, 2.05) is 6.92 Å². The molecule has 0 amide bonds. The summed E-state index contributed by atoms with van der Waals surface area (Å²) in [4.78, 5) is 0. The quantitative estimate of drug-likeness (QED) is 0.799. The topological polar surface area (TPSA) is 53.2 Å². The normalized spacial score (nSPS) is 54.9. The molecule has 0 heterocycles.